The fourth-order valence-corrected chi connectivity index (χ4v) is 3.22. The first-order valence-electron chi connectivity index (χ1n) is 6.64. The Hall–Kier alpha value is -0.830. The lowest BCUT2D eigenvalue weighted by atomic mass is 9.98. The third-order valence-electron chi connectivity index (χ3n) is 3.38. The van der Waals surface area contributed by atoms with Crippen LogP contribution in [0.1, 0.15) is 5.56 Å². The number of ether oxygens (including phenoxy) is 1. The zero-order valence-electron chi connectivity index (χ0n) is 11.6. The van der Waals surface area contributed by atoms with Gasteiger partial charge in [-0.15, -0.1) is 0 Å². The highest BCUT2D eigenvalue weighted by Gasteiger charge is 2.49. The van der Waals surface area contributed by atoms with Crippen molar-refractivity contribution in [3.8, 4) is 0 Å². The Morgan fingerprint density at radius 2 is 1.91 bits per heavy atom. The van der Waals surface area contributed by atoms with Gasteiger partial charge in [-0.1, -0.05) is 30.3 Å². The molecular weight excluding hydrogens is 315 g/mol. The van der Waals surface area contributed by atoms with Crippen molar-refractivity contribution >= 4 is 7.60 Å². The Morgan fingerprint density at radius 1 is 1.27 bits per heavy atom. The Morgan fingerprint density at radius 3 is 2.55 bits per heavy atom. The molecule has 0 spiro atoms. The van der Waals surface area contributed by atoms with Gasteiger partial charge in [-0.25, -0.2) is 0 Å². The highest BCUT2D eigenvalue weighted by molar-refractivity contribution is 7.51. The van der Waals surface area contributed by atoms with Crippen molar-refractivity contribution in [1.82, 2.24) is 0 Å². The van der Waals surface area contributed by atoms with Gasteiger partial charge in [0.1, 0.15) is 24.9 Å². The van der Waals surface area contributed by atoms with Crippen LogP contribution in [-0.2, 0) is 20.0 Å². The van der Waals surface area contributed by atoms with Crippen molar-refractivity contribution in [2.75, 3.05) is 13.2 Å². The fraction of sp³-hybridized carbons (Fsp3) is 0.538. The number of aliphatic hydroxyl groups is 4. The van der Waals surface area contributed by atoms with Crippen LogP contribution < -0.4 is 0 Å². The van der Waals surface area contributed by atoms with Gasteiger partial charge < -0.3 is 34.6 Å². The quantitative estimate of drug-likeness (QED) is 0.441. The lowest BCUT2D eigenvalue weighted by molar-refractivity contribution is -0.329. The number of hydrogen-bond donors (Lipinski definition) is 5. The van der Waals surface area contributed by atoms with Crippen molar-refractivity contribution in [3.05, 3.63) is 35.9 Å². The molecule has 0 aliphatic carbocycles. The summed E-state index contributed by atoms with van der Waals surface area (Å²) in [5.41, 5.74) is 0.570. The molecule has 1 saturated heterocycles. The molecule has 1 heterocycles. The largest absolute Gasteiger partial charge is 0.388 e. The fourth-order valence-electron chi connectivity index (χ4n) is 2.07. The van der Waals surface area contributed by atoms with E-state index in [1.165, 1.54) is 0 Å². The number of rotatable bonds is 5. The van der Waals surface area contributed by atoms with Gasteiger partial charge in [0.25, 0.3) is 0 Å². The normalized spacial score (nSPS) is 35.0. The highest BCUT2D eigenvalue weighted by atomic mass is 31.2. The van der Waals surface area contributed by atoms with Crippen molar-refractivity contribution in [2.45, 2.75) is 30.3 Å². The molecule has 1 aliphatic rings. The first-order valence-corrected chi connectivity index (χ1v) is 8.41. The predicted octanol–water partition coefficient (Wildman–Crippen LogP) is -0.810. The second-order valence-electron chi connectivity index (χ2n) is 5.21. The maximum Gasteiger partial charge on any atom is 0.332 e. The van der Waals surface area contributed by atoms with Crippen LogP contribution in [0.5, 0.6) is 0 Å². The standard InChI is InChI=1S/C13H19O8P/c14-10-6-20-13(17,12(16)11(10)15)8-21-22(18,19)7-9-4-2-1-3-5-9/h1-5,10-12,14-17H,6-8H2,(H,18,19)/t10-,11-,12-,13+/m1/s1. The summed E-state index contributed by atoms with van der Waals surface area (Å²) in [6, 6.07) is 8.46. The second kappa shape index (κ2) is 6.74. The topological polar surface area (TPSA) is 137 Å². The van der Waals surface area contributed by atoms with Crippen LogP contribution >= 0.6 is 7.60 Å². The summed E-state index contributed by atoms with van der Waals surface area (Å²) in [4.78, 5) is 9.79. The van der Waals surface area contributed by atoms with E-state index in [-0.39, 0.29) is 6.16 Å². The van der Waals surface area contributed by atoms with E-state index in [4.69, 9.17) is 9.26 Å². The molecule has 5 N–H and O–H groups in total. The lowest BCUT2D eigenvalue weighted by Gasteiger charge is -2.41. The minimum absolute atomic E-state index is 0.273. The summed E-state index contributed by atoms with van der Waals surface area (Å²) in [6.45, 7) is -1.26. The van der Waals surface area contributed by atoms with Crippen LogP contribution in [0.3, 0.4) is 0 Å². The summed E-state index contributed by atoms with van der Waals surface area (Å²) in [5.74, 6) is -2.37. The van der Waals surface area contributed by atoms with Gasteiger partial charge in [-0.05, 0) is 5.56 Å². The van der Waals surface area contributed by atoms with E-state index in [9.17, 15) is 29.9 Å². The average Bonchev–Trinajstić information content (AvgIpc) is 2.48. The molecule has 1 aromatic rings. The summed E-state index contributed by atoms with van der Waals surface area (Å²) < 4.78 is 21.7. The average molecular weight is 334 g/mol. The van der Waals surface area contributed by atoms with Crippen LogP contribution in [0.2, 0.25) is 0 Å². The molecule has 5 atom stereocenters. The lowest BCUT2D eigenvalue weighted by Crippen LogP contribution is -2.62. The summed E-state index contributed by atoms with van der Waals surface area (Å²) in [5, 5.41) is 38.6. The monoisotopic (exact) mass is 334 g/mol. The van der Waals surface area contributed by atoms with E-state index in [1.54, 1.807) is 30.3 Å². The summed E-state index contributed by atoms with van der Waals surface area (Å²) in [6.07, 6.45) is -5.14. The molecule has 22 heavy (non-hydrogen) atoms. The predicted molar refractivity (Wildman–Crippen MR) is 74.8 cm³/mol. The van der Waals surface area contributed by atoms with E-state index >= 15 is 0 Å². The molecule has 8 nitrogen and oxygen atoms in total. The van der Waals surface area contributed by atoms with Crippen LogP contribution in [0.4, 0.5) is 0 Å². The van der Waals surface area contributed by atoms with Crippen LogP contribution in [-0.4, -0.2) is 62.6 Å². The SMILES string of the molecule is O=P(O)(Cc1ccccc1)OC[C@]1(O)OC[C@@H](O)[C@@H](O)[C@H]1O. The van der Waals surface area contributed by atoms with Crippen LogP contribution in [0.15, 0.2) is 30.3 Å². The molecule has 0 bridgehead atoms. The summed E-state index contributed by atoms with van der Waals surface area (Å²) in [7, 11) is -4.08. The smallest absolute Gasteiger partial charge is 0.332 e. The van der Waals surface area contributed by atoms with Gasteiger partial charge in [0.05, 0.1) is 12.8 Å². The molecule has 0 aromatic heterocycles. The number of benzene rings is 1. The second-order valence-corrected chi connectivity index (χ2v) is 7.06. The van der Waals surface area contributed by atoms with Crippen molar-refractivity contribution in [2.24, 2.45) is 0 Å². The first-order chi connectivity index (χ1) is 10.2. The van der Waals surface area contributed by atoms with Gasteiger partial charge in [0, 0.05) is 0 Å². The minimum Gasteiger partial charge on any atom is -0.388 e. The van der Waals surface area contributed by atoms with Crippen molar-refractivity contribution in [3.63, 3.8) is 0 Å². The Labute approximate surface area is 127 Å². The van der Waals surface area contributed by atoms with E-state index in [2.05, 4.69) is 0 Å². The van der Waals surface area contributed by atoms with Gasteiger partial charge in [-0.2, -0.15) is 0 Å². The maximum atomic E-state index is 12.0. The maximum absolute atomic E-state index is 12.0. The van der Waals surface area contributed by atoms with Gasteiger partial charge >= 0.3 is 7.60 Å². The van der Waals surface area contributed by atoms with Crippen LogP contribution in [0, 0.1) is 0 Å². The van der Waals surface area contributed by atoms with Crippen molar-refractivity contribution in [1.29, 1.82) is 0 Å². The molecule has 124 valence electrons. The van der Waals surface area contributed by atoms with Crippen LogP contribution in [0.25, 0.3) is 0 Å². The van der Waals surface area contributed by atoms with E-state index in [0.717, 1.165) is 0 Å². The zero-order valence-corrected chi connectivity index (χ0v) is 12.5. The molecule has 0 amide bonds. The van der Waals surface area contributed by atoms with Gasteiger partial charge in [-0.3, -0.25) is 4.57 Å². The molecule has 2 rings (SSSR count). The first kappa shape index (κ1) is 17.5. The van der Waals surface area contributed by atoms with Gasteiger partial charge in [0.2, 0.25) is 5.79 Å². The summed E-state index contributed by atoms with van der Waals surface area (Å²) >= 11 is 0. The van der Waals surface area contributed by atoms with E-state index in [0.29, 0.717) is 5.56 Å². The highest BCUT2D eigenvalue weighted by Crippen LogP contribution is 2.46. The molecule has 1 fully saturated rings. The minimum atomic E-state index is -4.08. The van der Waals surface area contributed by atoms with E-state index in [1.807, 2.05) is 0 Å². The zero-order chi connectivity index (χ0) is 16.4. The van der Waals surface area contributed by atoms with Gasteiger partial charge in [0.15, 0.2) is 0 Å². The Bertz CT molecular complexity index is 538. The molecule has 9 heteroatoms. The Kier molecular flexibility index (Phi) is 5.37. The number of hydrogen-bond acceptors (Lipinski definition) is 7. The van der Waals surface area contributed by atoms with Crippen molar-refractivity contribution < 1.29 is 39.1 Å². The molecule has 0 saturated carbocycles. The number of aliphatic hydroxyl groups excluding tert-OH is 3. The molecule has 0 radical (unpaired) electrons. The molecular formula is C13H19O8P. The third-order valence-corrected chi connectivity index (χ3v) is 4.68. The molecule has 1 aliphatic heterocycles. The van der Waals surface area contributed by atoms with E-state index < -0.39 is 44.9 Å². The molecule has 1 aromatic carbocycles. The molecule has 1 unspecified atom stereocenters. The Balaban J connectivity index is 1.97. The third kappa shape index (κ3) is 4.13.